The van der Waals surface area contributed by atoms with Gasteiger partial charge in [-0.2, -0.15) is 4.42 Å². The van der Waals surface area contributed by atoms with E-state index in [-0.39, 0.29) is 0 Å². The second-order valence-corrected chi connectivity index (χ2v) is 4.38. The number of halogens is 4. The number of hydrogen-bond acceptors (Lipinski definition) is 2. The first-order valence-corrected chi connectivity index (χ1v) is 6.19. The molecule has 0 atom stereocenters. The van der Waals surface area contributed by atoms with Crippen molar-refractivity contribution in [2.45, 2.75) is 0 Å². The Bertz CT molecular complexity index is 649. The van der Waals surface area contributed by atoms with Crippen molar-refractivity contribution >= 4 is 24.3 Å². The molecule has 2 aromatic rings. The lowest BCUT2D eigenvalue weighted by Crippen LogP contribution is -2.32. The summed E-state index contributed by atoms with van der Waals surface area (Å²) in [7, 11) is 1.48. The minimum atomic E-state index is -6.00. The second kappa shape index (κ2) is 7.10. The predicted octanol–water partition coefficient (Wildman–Crippen LogP) is 2.42. The Balaban J connectivity index is 0.000000422. The van der Waals surface area contributed by atoms with Gasteiger partial charge in [0.15, 0.2) is 0 Å². The van der Waals surface area contributed by atoms with E-state index in [0.29, 0.717) is 11.8 Å². The third-order valence-corrected chi connectivity index (χ3v) is 2.43. The van der Waals surface area contributed by atoms with Gasteiger partial charge in [0.1, 0.15) is 0 Å². The Morgan fingerprint density at radius 1 is 1.27 bits per heavy atom. The molecule has 1 aromatic heterocycles. The Hall–Kier alpha value is -2.33. The smallest absolute Gasteiger partial charge is 0.418 e. The van der Waals surface area contributed by atoms with Crippen LogP contribution in [0.3, 0.4) is 0 Å². The Morgan fingerprint density at radius 2 is 1.86 bits per heavy atom. The fourth-order valence-electron chi connectivity index (χ4n) is 1.58. The molecule has 6 nitrogen and oxygen atoms in total. The van der Waals surface area contributed by atoms with Crippen LogP contribution in [0.4, 0.5) is 21.7 Å². The molecule has 0 aliphatic rings. The fourth-order valence-corrected chi connectivity index (χ4v) is 1.58. The first-order chi connectivity index (χ1) is 10.1. The Labute approximate surface area is 124 Å². The molecule has 0 unspecified atom stereocenters. The molecule has 0 bridgehead atoms. The fraction of sp³-hybridized carbons (Fsp3) is 0.364. The van der Waals surface area contributed by atoms with Crippen LogP contribution < -0.4 is 5.32 Å². The van der Waals surface area contributed by atoms with Crippen LogP contribution in [0.25, 0.3) is 11.0 Å². The molecule has 0 aliphatic heterocycles. The molecule has 11 heteroatoms. The normalized spacial score (nSPS) is 11.9. The maximum Gasteiger partial charge on any atom is 0.673 e. The lowest BCUT2D eigenvalue weighted by molar-refractivity contribution is -0.0335. The van der Waals surface area contributed by atoms with Crippen LogP contribution in [0, 0.1) is 0 Å². The third kappa shape index (κ3) is 5.22. The quantitative estimate of drug-likeness (QED) is 0.498. The average Bonchev–Trinajstić information content (AvgIpc) is 2.76. The SMILES string of the molecule is CNC(=[O+]c1cccc2c1nnn2C)N(C)C.F[B-](F)(F)F. The van der Waals surface area contributed by atoms with Crippen molar-refractivity contribution < 1.29 is 21.7 Å². The number of nitrogens with zero attached hydrogens (tertiary/aromatic N) is 4. The van der Waals surface area contributed by atoms with E-state index in [1.807, 2.05) is 51.3 Å². The molecular formula is C11H16BF4N5O. The van der Waals surface area contributed by atoms with Gasteiger partial charge in [0, 0.05) is 34.3 Å². The first-order valence-electron chi connectivity index (χ1n) is 6.19. The van der Waals surface area contributed by atoms with E-state index >= 15 is 0 Å². The van der Waals surface area contributed by atoms with Crippen LogP contribution in [0.2, 0.25) is 0 Å². The van der Waals surface area contributed by atoms with Crippen LogP contribution in [-0.4, -0.2) is 54.3 Å². The largest absolute Gasteiger partial charge is 0.673 e. The highest BCUT2D eigenvalue weighted by Gasteiger charge is 2.21. The summed E-state index contributed by atoms with van der Waals surface area (Å²) < 4.78 is 46.5. The van der Waals surface area contributed by atoms with Gasteiger partial charge in [0.05, 0.1) is 5.52 Å². The van der Waals surface area contributed by atoms with Crippen molar-refractivity contribution in [1.82, 2.24) is 25.2 Å². The van der Waals surface area contributed by atoms with E-state index in [0.717, 1.165) is 11.0 Å². The first kappa shape index (κ1) is 17.7. The summed E-state index contributed by atoms with van der Waals surface area (Å²) in [4.78, 5) is 1.86. The van der Waals surface area contributed by atoms with E-state index in [1.165, 1.54) is 0 Å². The molecule has 0 fully saturated rings. The van der Waals surface area contributed by atoms with E-state index in [9.17, 15) is 17.3 Å². The summed E-state index contributed by atoms with van der Waals surface area (Å²) in [5.41, 5.74) is 1.70. The third-order valence-electron chi connectivity index (χ3n) is 2.43. The van der Waals surface area contributed by atoms with Gasteiger partial charge in [0.25, 0.3) is 0 Å². The molecule has 22 heavy (non-hydrogen) atoms. The van der Waals surface area contributed by atoms with Gasteiger partial charge in [-0.1, -0.05) is 11.3 Å². The summed E-state index contributed by atoms with van der Waals surface area (Å²) in [6.07, 6.45) is 0. The van der Waals surface area contributed by atoms with Crippen LogP contribution in [0.1, 0.15) is 0 Å². The summed E-state index contributed by atoms with van der Waals surface area (Å²) in [6, 6.07) is 6.40. The predicted molar refractivity (Wildman–Crippen MR) is 76.3 cm³/mol. The number of benzene rings is 1. The molecule has 2 rings (SSSR count). The van der Waals surface area contributed by atoms with Gasteiger partial charge in [-0.05, 0) is 6.07 Å². The minimum Gasteiger partial charge on any atom is -0.418 e. The molecule has 0 saturated heterocycles. The van der Waals surface area contributed by atoms with Gasteiger partial charge in [-0.3, -0.25) is 10.2 Å². The molecule has 0 radical (unpaired) electrons. The molecule has 0 saturated carbocycles. The molecule has 1 aromatic carbocycles. The number of nitrogens with one attached hydrogen (secondary N) is 1. The minimum absolute atomic E-state index is 0.656. The zero-order chi connectivity index (χ0) is 16.9. The molecule has 1 N–H and O–H groups in total. The number of aromatic nitrogens is 3. The molecular weight excluding hydrogens is 305 g/mol. The second-order valence-electron chi connectivity index (χ2n) is 4.38. The van der Waals surface area contributed by atoms with E-state index in [2.05, 4.69) is 15.6 Å². The average molecular weight is 321 g/mol. The topological polar surface area (TPSA) is 57.3 Å². The summed E-state index contributed by atoms with van der Waals surface area (Å²) >= 11 is 0. The molecule has 1 heterocycles. The van der Waals surface area contributed by atoms with Crippen molar-refractivity contribution in [2.75, 3.05) is 21.1 Å². The van der Waals surface area contributed by atoms with Crippen molar-refractivity contribution in [3.63, 3.8) is 0 Å². The summed E-state index contributed by atoms with van der Waals surface area (Å²) in [6.45, 7) is 0. The van der Waals surface area contributed by atoms with Crippen molar-refractivity contribution in [2.24, 2.45) is 7.05 Å². The molecule has 2 amide bonds. The van der Waals surface area contributed by atoms with Gasteiger partial charge < -0.3 is 17.3 Å². The highest BCUT2D eigenvalue weighted by Crippen LogP contribution is 2.28. The highest BCUT2D eigenvalue weighted by atomic mass is 19.5. The molecule has 0 spiro atoms. The number of carbonyl (C=O) groups excluding carboxylic acids is 1. The van der Waals surface area contributed by atoms with Crippen LogP contribution >= 0.6 is 0 Å². The Kier molecular flexibility index (Phi) is 5.72. The van der Waals surface area contributed by atoms with Crippen molar-refractivity contribution in [3.8, 4) is 5.75 Å². The number of fused-ring (bicyclic) bond motifs is 1. The summed E-state index contributed by atoms with van der Waals surface area (Å²) in [5.74, 6) is 0.689. The van der Waals surface area contributed by atoms with Crippen LogP contribution in [-0.2, 0) is 7.05 Å². The van der Waals surface area contributed by atoms with Crippen LogP contribution in [0.5, 0.6) is 5.75 Å². The van der Waals surface area contributed by atoms with Crippen molar-refractivity contribution in [1.29, 1.82) is 0 Å². The zero-order valence-corrected chi connectivity index (χ0v) is 12.5. The van der Waals surface area contributed by atoms with E-state index in [1.54, 1.807) is 4.68 Å². The number of hydrogen-bond donors (Lipinski definition) is 1. The molecule has 122 valence electrons. The standard InChI is InChI=1S/C11H16N5O.BF4/c1-12-11(15(2)3)17-9-7-5-6-8-10(9)13-14-16(8)4;2-1(3,4)5/h5-7,12H,1-4H3;/q+1;-1. The number of aryl methyl sites for hydroxylation is 1. The van der Waals surface area contributed by atoms with Gasteiger partial charge >= 0.3 is 19.0 Å². The molecule has 0 aliphatic carbocycles. The number of amides is 2. The lowest BCUT2D eigenvalue weighted by Gasteiger charge is -2.03. The van der Waals surface area contributed by atoms with Crippen molar-refractivity contribution in [3.05, 3.63) is 18.2 Å². The summed E-state index contributed by atoms with van der Waals surface area (Å²) in [5, 5.41) is 11.1. The number of rotatable bonds is 1. The van der Waals surface area contributed by atoms with E-state index in [4.69, 9.17) is 4.42 Å². The zero-order valence-electron chi connectivity index (χ0n) is 12.5. The maximum atomic E-state index is 9.75. The van der Waals surface area contributed by atoms with E-state index < -0.39 is 7.25 Å². The Morgan fingerprint density at radius 3 is 2.36 bits per heavy atom. The monoisotopic (exact) mass is 321 g/mol. The van der Waals surface area contributed by atoms with Gasteiger partial charge in [-0.25, -0.2) is 4.68 Å². The lowest BCUT2D eigenvalue weighted by atomic mass is 10.3. The van der Waals surface area contributed by atoms with Gasteiger partial charge in [0.2, 0.25) is 5.52 Å². The highest BCUT2D eigenvalue weighted by molar-refractivity contribution is 6.50. The maximum absolute atomic E-state index is 9.75. The van der Waals surface area contributed by atoms with Crippen LogP contribution in [0.15, 0.2) is 18.2 Å². The van der Waals surface area contributed by atoms with Gasteiger partial charge in [-0.15, -0.1) is 5.10 Å². The number of urea groups is 1.